The van der Waals surface area contributed by atoms with Crippen molar-refractivity contribution in [3.05, 3.63) is 135 Å². The highest BCUT2D eigenvalue weighted by Crippen LogP contribution is 2.47. The topological polar surface area (TPSA) is 157 Å². The van der Waals surface area contributed by atoms with Crippen LogP contribution in [0, 0.1) is 20.2 Å². The number of carbonyl (C=O) groups is 1. The van der Waals surface area contributed by atoms with E-state index in [1.165, 1.54) is 6.21 Å². The van der Waals surface area contributed by atoms with Crippen LogP contribution in [0.4, 0.5) is 17.1 Å². The molecule has 0 spiro atoms. The van der Waals surface area contributed by atoms with E-state index in [1.807, 2.05) is 0 Å². The highest BCUT2D eigenvalue weighted by Gasteiger charge is 2.37. The molecule has 0 fully saturated rings. The predicted molar refractivity (Wildman–Crippen MR) is 149 cm³/mol. The smallest absolute Gasteiger partial charge is 0.278 e. The van der Waals surface area contributed by atoms with Crippen molar-refractivity contribution in [2.45, 2.75) is 5.78 Å². The first-order valence-corrected chi connectivity index (χ1v) is 13.4. The SMILES string of the molecule is O=C(NC(C=NNc1cc([N+](=O)[O-])cc([N+](=O)[O-])c1)P(=O)(c1ccccc1)c1ccccc1)c1ccccc1. The third-order valence-electron chi connectivity index (χ3n) is 5.72. The Bertz CT molecular complexity index is 1490. The van der Waals surface area contributed by atoms with Gasteiger partial charge in [0.2, 0.25) is 0 Å². The molecule has 0 heterocycles. The van der Waals surface area contributed by atoms with E-state index in [2.05, 4.69) is 15.8 Å². The molecule has 0 aliphatic rings. The van der Waals surface area contributed by atoms with Gasteiger partial charge in [0.05, 0.1) is 27.8 Å². The number of non-ortho nitro benzene ring substituents is 2. The second kappa shape index (κ2) is 11.9. The van der Waals surface area contributed by atoms with E-state index in [0.717, 1.165) is 18.2 Å². The molecule has 196 valence electrons. The summed E-state index contributed by atoms with van der Waals surface area (Å²) in [7, 11) is -3.62. The number of anilines is 1. The van der Waals surface area contributed by atoms with Crippen LogP contribution in [0.1, 0.15) is 10.4 Å². The maximum atomic E-state index is 14.9. The minimum Gasteiger partial charge on any atom is -0.337 e. The van der Waals surface area contributed by atoms with Crippen molar-refractivity contribution in [2.75, 3.05) is 5.43 Å². The van der Waals surface area contributed by atoms with E-state index in [4.69, 9.17) is 0 Å². The molecule has 4 rings (SSSR count). The Labute approximate surface area is 222 Å². The molecule has 0 bridgehead atoms. The van der Waals surface area contributed by atoms with Gasteiger partial charge in [-0.05, 0) is 12.1 Å². The van der Waals surface area contributed by atoms with Crippen LogP contribution in [0.5, 0.6) is 0 Å². The first-order valence-electron chi connectivity index (χ1n) is 11.6. The summed E-state index contributed by atoms with van der Waals surface area (Å²) in [6.07, 6.45) is 1.23. The molecule has 0 aliphatic heterocycles. The first-order chi connectivity index (χ1) is 18.8. The van der Waals surface area contributed by atoms with Crippen LogP contribution in [-0.4, -0.2) is 27.8 Å². The molecule has 1 atom stereocenters. The van der Waals surface area contributed by atoms with Crippen LogP contribution in [0.25, 0.3) is 0 Å². The molecule has 0 radical (unpaired) electrons. The van der Waals surface area contributed by atoms with E-state index >= 15 is 0 Å². The van der Waals surface area contributed by atoms with E-state index in [-0.39, 0.29) is 5.69 Å². The van der Waals surface area contributed by atoms with Gasteiger partial charge in [0.15, 0.2) is 7.14 Å². The fourth-order valence-electron chi connectivity index (χ4n) is 3.85. The van der Waals surface area contributed by atoms with Gasteiger partial charge in [0.25, 0.3) is 17.3 Å². The molecule has 1 unspecified atom stereocenters. The van der Waals surface area contributed by atoms with Crippen molar-refractivity contribution >= 4 is 46.9 Å². The van der Waals surface area contributed by atoms with E-state index < -0.39 is 40.1 Å². The van der Waals surface area contributed by atoms with Crippen molar-refractivity contribution in [1.29, 1.82) is 0 Å². The molecular formula is C27H22N5O6P. The van der Waals surface area contributed by atoms with Gasteiger partial charge in [-0.1, -0.05) is 78.9 Å². The van der Waals surface area contributed by atoms with Gasteiger partial charge in [-0.2, -0.15) is 5.10 Å². The standard InChI is InChI=1S/C27H22N5O6P/c33-27(20-10-4-1-5-11-20)29-26(19-28-30-21-16-22(31(34)35)18-23(17-21)32(36)37)39(38,24-12-6-2-7-13-24)25-14-8-3-9-15-25/h1-19,26,30H,(H,29,33). The van der Waals surface area contributed by atoms with Crippen molar-refractivity contribution in [3.63, 3.8) is 0 Å². The Kier molecular flexibility index (Phi) is 8.23. The molecule has 0 aliphatic carbocycles. The predicted octanol–water partition coefficient (Wildman–Crippen LogP) is 4.67. The summed E-state index contributed by atoms with van der Waals surface area (Å²) in [6.45, 7) is 0. The fourth-order valence-corrected chi connectivity index (χ4v) is 6.58. The van der Waals surface area contributed by atoms with Gasteiger partial charge in [-0.25, -0.2) is 0 Å². The molecular weight excluding hydrogens is 521 g/mol. The lowest BCUT2D eigenvalue weighted by molar-refractivity contribution is -0.394. The summed E-state index contributed by atoms with van der Waals surface area (Å²) in [6, 6.07) is 28.6. The van der Waals surface area contributed by atoms with Crippen LogP contribution >= 0.6 is 7.14 Å². The van der Waals surface area contributed by atoms with E-state index in [9.17, 15) is 29.6 Å². The summed E-state index contributed by atoms with van der Waals surface area (Å²) in [5, 5.41) is 30.3. The molecule has 4 aromatic rings. The normalized spacial score (nSPS) is 12.0. The van der Waals surface area contributed by atoms with Crippen molar-refractivity contribution < 1.29 is 19.2 Å². The summed E-state index contributed by atoms with van der Waals surface area (Å²) >= 11 is 0. The lowest BCUT2D eigenvalue weighted by atomic mass is 10.2. The number of nitrogens with zero attached hydrogens (tertiary/aromatic N) is 3. The Morgan fingerprint density at radius 1 is 0.769 bits per heavy atom. The average molecular weight is 543 g/mol. The van der Waals surface area contributed by atoms with Crippen LogP contribution in [0.2, 0.25) is 0 Å². The first kappa shape index (κ1) is 26.9. The second-order valence-electron chi connectivity index (χ2n) is 8.26. The molecule has 2 N–H and O–H groups in total. The summed E-state index contributed by atoms with van der Waals surface area (Å²) in [5.41, 5.74) is 1.84. The number of nitro groups is 2. The molecule has 4 aromatic carbocycles. The number of nitrogens with one attached hydrogen (secondary N) is 2. The molecule has 1 amide bonds. The molecule has 0 aromatic heterocycles. The number of carbonyl (C=O) groups excluding carboxylic acids is 1. The van der Waals surface area contributed by atoms with Crippen molar-refractivity contribution in [1.82, 2.24) is 5.32 Å². The largest absolute Gasteiger partial charge is 0.337 e. The van der Waals surface area contributed by atoms with Gasteiger partial charge in [-0.3, -0.25) is 30.4 Å². The maximum absolute atomic E-state index is 14.9. The minimum atomic E-state index is -3.62. The fraction of sp³-hybridized carbons (Fsp3) is 0.0370. The number of hydrogen-bond acceptors (Lipinski definition) is 8. The zero-order valence-corrected chi connectivity index (χ0v) is 21.2. The van der Waals surface area contributed by atoms with Crippen molar-refractivity contribution in [2.24, 2.45) is 5.10 Å². The van der Waals surface area contributed by atoms with Crippen molar-refractivity contribution in [3.8, 4) is 0 Å². The number of hydrazone groups is 1. The third kappa shape index (κ3) is 6.23. The molecule has 39 heavy (non-hydrogen) atoms. The molecule has 0 saturated heterocycles. The quantitative estimate of drug-likeness (QED) is 0.127. The van der Waals surface area contributed by atoms with Gasteiger partial charge in [0.1, 0.15) is 5.78 Å². The highest BCUT2D eigenvalue weighted by atomic mass is 31.2. The molecule has 11 nitrogen and oxygen atoms in total. The van der Waals surface area contributed by atoms with Gasteiger partial charge in [0, 0.05) is 28.3 Å². The highest BCUT2D eigenvalue weighted by molar-refractivity contribution is 7.80. The Morgan fingerprint density at radius 2 is 1.23 bits per heavy atom. The molecule has 0 saturated carbocycles. The number of hydrogen-bond donors (Lipinski definition) is 2. The number of amides is 1. The zero-order chi connectivity index (χ0) is 27.8. The lowest BCUT2D eigenvalue weighted by Gasteiger charge is -2.27. The summed E-state index contributed by atoms with van der Waals surface area (Å²) in [5.74, 6) is -1.65. The van der Waals surface area contributed by atoms with Gasteiger partial charge < -0.3 is 9.88 Å². The average Bonchev–Trinajstić information content (AvgIpc) is 2.97. The minimum absolute atomic E-state index is 0.0328. The Balaban J connectivity index is 1.77. The number of nitro benzene ring substituents is 2. The monoisotopic (exact) mass is 543 g/mol. The number of benzene rings is 4. The summed E-state index contributed by atoms with van der Waals surface area (Å²) in [4.78, 5) is 34.1. The van der Waals surface area contributed by atoms with Crippen LogP contribution < -0.4 is 21.4 Å². The van der Waals surface area contributed by atoms with Crippen LogP contribution in [0.15, 0.2) is 114 Å². The Morgan fingerprint density at radius 3 is 1.69 bits per heavy atom. The summed E-state index contributed by atoms with van der Waals surface area (Å²) < 4.78 is 14.9. The van der Waals surface area contributed by atoms with Crippen LogP contribution in [-0.2, 0) is 4.57 Å². The molecule has 12 heteroatoms. The van der Waals surface area contributed by atoms with Gasteiger partial charge >= 0.3 is 0 Å². The Hall–Kier alpha value is -5.15. The number of rotatable bonds is 10. The van der Waals surface area contributed by atoms with Gasteiger partial charge in [-0.15, -0.1) is 0 Å². The van der Waals surface area contributed by atoms with E-state index in [0.29, 0.717) is 16.2 Å². The lowest BCUT2D eigenvalue weighted by Crippen LogP contribution is -2.41. The zero-order valence-electron chi connectivity index (χ0n) is 20.3. The third-order valence-corrected chi connectivity index (χ3v) is 8.90. The second-order valence-corrected chi connectivity index (χ2v) is 11.2. The maximum Gasteiger partial charge on any atom is 0.278 e. The van der Waals surface area contributed by atoms with Crippen LogP contribution in [0.3, 0.4) is 0 Å². The van der Waals surface area contributed by atoms with E-state index in [1.54, 1.807) is 91.0 Å².